The Morgan fingerprint density at radius 3 is 2.58 bits per heavy atom. The smallest absolute Gasteiger partial charge is 0.410 e. The van der Waals surface area contributed by atoms with Crippen LogP contribution in [0.3, 0.4) is 0 Å². The van der Waals surface area contributed by atoms with Crippen molar-refractivity contribution in [3.05, 3.63) is 23.8 Å². The number of nitrogens with zero attached hydrogens (tertiary/aromatic N) is 4. The highest BCUT2D eigenvalue weighted by molar-refractivity contribution is 6.76. The molecule has 1 unspecified atom stereocenters. The molecule has 0 aliphatic carbocycles. The van der Waals surface area contributed by atoms with Gasteiger partial charge in [-0.2, -0.15) is 0 Å². The number of carbonyl (C=O) groups excluding carboxylic acids is 1. The fraction of sp³-hybridized carbons (Fsp3) is 0.667. The van der Waals surface area contributed by atoms with E-state index in [2.05, 4.69) is 24.6 Å². The van der Waals surface area contributed by atoms with E-state index in [4.69, 9.17) is 9.47 Å². The lowest BCUT2D eigenvalue weighted by atomic mass is 10.1. The van der Waals surface area contributed by atoms with E-state index in [0.717, 1.165) is 11.6 Å². The monoisotopic (exact) mass is 478 g/mol. The summed E-state index contributed by atoms with van der Waals surface area (Å²) in [7, 11) is -1.19. The van der Waals surface area contributed by atoms with E-state index in [1.807, 2.05) is 45.6 Å². The third-order valence-electron chi connectivity index (χ3n) is 5.80. The van der Waals surface area contributed by atoms with Crippen LogP contribution in [-0.4, -0.2) is 66.5 Å². The van der Waals surface area contributed by atoms with Gasteiger partial charge in [-0.05, 0) is 52.3 Å². The van der Waals surface area contributed by atoms with Gasteiger partial charge in [-0.1, -0.05) is 19.6 Å². The molecule has 1 amide bonds. The number of anilines is 1. The number of aryl methyl sites for hydroxylation is 1. The highest BCUT2D eigenvalue weighted by Gasteiger charge is 2.32. The van der Waals surface area contributed by atoms with Crippen LogP contribution in [0.15, 0.2) is 12.4 Å². The number of rotatable bonds is 6. The molecule has 1 aliphatic rings. The summed E-state index contributed by atoms with van der Waals surface area (Å²) >= 11 is 0. The minimum absolute atomic E-state index is 0.0544. The van der Waals surface area contributed by atoms with Gasteiger partial charge in [-0.25, -0.2) is 14.2 Å². The van der Waals surface area contributed by atoms with Crippen molar-refractivity contribution in [1.82, 2.24) is 14.5 Å². The number of ether oxygens (including phenoxy) is 2. The maximum atomic E-state index is 15.9. The molecule has 2 heterocycles. The molecule has 3 rings (SSSR count). The number of benzene rings is 1. The molecule has 1 saturated heterocycles. The number of halogens is 1. The highest BCUT2D eigenvalue weighted by Crippen LogP contribution is 2.33. The van der Waals surface area contributed by atoms with Crippen LogP contribution >= 0.6 is 0 Å². The minimum Gasteiger partial charge on any atom is -0.444 e. The van der Waals surface area contributed by atoms with Crippen LogP contribution in [0, 0.1) is 12.7 Å². The van der Waals surface area contributed by atoms with Gasteiger partial charge in [0, 0.05) is 40.4 Å². The van der Waals surface area contributed by atoms with Crippen molar-refractivity contribution in [3.63, 3.8) is 0 Å². The Morgan fingerprint density at radius 1 is 1.27 bits per heavy atom. The van der Waals surface area contributed by atoms with Crippen molar-refractivity contribution in [3.8, 4) is 0 Å². The van der Waals surface area contributed by atoms with E-state index in [1.165, 1.54) is 0 Å². The van der Waals surface area contributed by atoms with E-state index >= 15 is 4.39 Å². The number of amides is 1. The summed E-state index contributed by atoms with van der Waals surface area (Å²) in [5.41, 5.74) is 1.96. The molecule has 184 valence electrons. The Bertz CT molecular complexity index is 996. The van der Waals surface area contributed by atoms with Gasteiger partial charge < -0.3 is 23.8 Å². The van der Waals surface area contributed by atoms with Crippen LogP contribution in [-0.2, 0) is 16.2 Å². The first-order valence-corrected chi connectivity index (χ1v) is 15.4. The molecule has 0 N–H and O–H groups in total. The van der Waals surface area contributed by atoms with Gasteiger partial charge in [0.15, 0.2) is 5.82 Å². The second-order valence-electron chi connectivity index (χ2n) is 11.3. The third-order valence-corrected chi connectivity index (χ3v) is 7.51. The summed E-state index contributed by atoms with van der Waals surface area (Å²) in [6.45, 7) is 18.9. The summed E-state index contributed by atoms with van der Waals surface area (Å²) in [4.78, 5) is 20.7. The molecular weight excluding hydrogens is 439 g/mol. The van der Waals surface area contributed by atoms with E-state index in [9.17, 15) is 4.79 Å². The lowest BCUT2D eigenvalue weighted by Crippen LogP contribution is -2.55. The summed E-state index contributed by atoms with van der Waals surface area (Å²) in [5, 5.41) is 0. The van der Waals surface area contributed by atoms with Crippen molar-refractivity contribution < 1.29 is 18.7 Å². The molecular formula is C24H39FN4O3Si. The standard InChI is InChI=1S/C24H39FN4O3Si/c1-17-13-19-22(28(15-26-19)16-31-11-12-33(6,7)8)20(25)21(17)29-10-9-27(14-18(29)2)23(30)32-24(3,4)5/h13,15,18H,9-12,14,16H2,1-8H3. The molecule has 2 aromatic rings. The molecule has 0 radical (unpaired) electrons. The van der Waals surface area contributed by atoms with Crippen LogP contribution < -0.4 is 4.90 Å². The van der Waals surface area contributed by atoms with Gasteiger partial charge in [0.2, 0.25) is 0 Å². The van der Waals surface area contributed by atoms with Gasteiger partial charge in [0.1, 0.15) is 17.8 Å². The lowest BCUT2D eigenvalue weighted by Gasteiger charge is -2.42. The minimum atomic E-state index is -1.19. The highest BCUT2D eigenvalue weighted by atomic mass is 28.3. The van der Waals surface area contributed by atoms with Crippen molar-refractivity contribution in [2.75, 3.05) is 31.1 Å². The Kier molecular flexibility index (Phi) is 7.43. The Labute approximate surface area is 197 Å². The van der Waals surface area contributed by atoms with Crippen molar-refractivity contribution in [2.24, 2.45) is 0 Å². The third kappa shape index (κ3) is 6.26. The average Bonchev–Trinajstić information content (AvgIpc) is 3.07. The van der Waals surface area contributed by atoms with E-state index in [1.54, 1.807) is 15.8 Å². The molecule has 1 aliphatic heterocycles. The van der Waals surface area contributed by atoms with Crippen molar-refractivity contribution >= 4 is 30.9 Å². The van der Waals surface area contributed by atoms with Gasteiger partial charge in [0.05, 0.1) is 17.5 Å². The second-order valence-corrected chi connectivity index (χ2v) is 16.9. The zero-order chi connectivity index (χ0) is 24.6. The number of piperazine rings is 1. The SMILES string of the molecule is Cc1cc2ncn(COCC[Si](C)(C)C)c2c(F)c1N1CCN(C(=O)OC(C)(C)C)CC1C. The predicted octanol–water partition coefficient (Wildman–Crippen LogP) is 5.24. The topological polar surface area (TPSA) is 59.8 Å². The fourth-order valence-electron chi connectivity index (χ4n) is 4.07. The maximum Gasteiger partial charge on any atom is 0.410 e. The van der Waals surface area contributed by atoms with Crippen LogP contribution in [0.5, 0.6) is 0 Å². The number of imidazole rings is 1. The zero-order valence-electron chi connectivity index (χ0n) is 21.4. The molecule has 1 aromatic heterocycles. The first-order valence-electron chi connectivity index (χ1n) is 11.7. The van der Waals surface area contributed by atoms with E-state index < -0.39 is 13.7 Å². The van der Waals surface area contributed by atoms with Crippen LogP contribution in [0.1, 0.15) is 33.3 Å². The molecule has 0 spiro atoms. The summed E-state index contributed by atoms with van der Waals surface area (Å²) in [5.74, 6) is -0.283. The number of hydrogen-bond donors (Lipinski definition) is 0. The molecule has 0 saturated carbocycles. The molecule has 9 heteroatoms. The van der Waals surface area contributed by atoms with Gasteiger partial charge in [-0.3, -0.25) is 0 Å². The van der Waals surface area contributed by atoms with Crippen molar-refractivity contribution in [1.29, 1.82) is 0 Å². The van der Waals surface area contributed by atoms with Gasteiger partial charge in [0.25, 0.3) is 0 Å². The predicted molar refractivity (Wildman–Crippen MR) is 133 cm³/mol. The first-order chi connectivity index (χ1) is 15.3. The molecule has 1 atom stereocenters. The largest absolute Gasteiger partial charge is 0.444 e. The number of carbonyl (C=O) groups is 1. The summed E-state index contributed by atoms with van der Waals surface area (Å²) in [6.07, 6.45) is 1.32. The van der Waals surface area contributed by atoms with E-state index in [-0.39, 0.29) is 24.7 Å². The number of aromatic nitrogens is 2. The fourth-order valence-corrected chi connectivity index (χ4v) is 4.83. The molecule has 1 aromatic carbocycles. The maximum absolute atomic E-state index is 15.9. The number of hydrogen-bond acceptors (Lipinski definition) is 5. The van der Waals surface area contributed by atoms with Crippen LogP contribution in [0.4, 0.5) is 14.9 Å². The Hall–Kier alpha value is -2.13. The summed E-state index contributed by atoms with van der Waals surface area (Å²) < 4.78 is 29.0. The normalized spacial score (nSPS) is 17.7. The average molecular weight is 479 g/mol. The lowest BCUT2D eigenvalue weighted by molar-refractivity contribution is 0.0218. The van der Waals surface area contributed by atoms with Gasteiger partial charge in [-0.15, -0.1) is 0 Å². The van der Waals surface area contributed by atoms with Crippen LogP contribution in [0.2, 0.25) is 25.7 Å². The first kappa shape index (κ1) is 25.5. The number of fused-ring (bicyclic) bond motifs is 1. The van der Waals surface area contributed by atoms with Crippen LogP contribution in [0.25, 0.3) is 11.0 Å². The summed E-state index contributed by atoms with van der Waals surface area (Å²) in [6, 6.07) is 2.94. The Morgan fingerprint density at radius 2 is 1.97 bits per heavy atom. The zero-order valence-corrected chi connectivity index (χ0v) is 22.4. The molecule has 33 heavy (non-hydrogen) atoms. The molecule has 7 nitrogen and oxygen atoms in total. The van der Waals surface area contributed by atoms with E-state index in [0.29, 0.717) is 43.0 Å². The van der Waals surface area contributed by atoms with Gasteiger partial charge >= 0.3 is 6.09 Å². The molecule has 1 fully saturated rings. The Balaban J connectivity index is 1.78. The van der Waals surface area contributed by atoms with Crippen molar-refractivity contribution in [2.45, 2.75) is 78.7 Å². The molecule has 0 bridgehead atoms. The quantitative estimate of drug-likeness (QED) is 0.420. The second kappa shape index (κ2) is 9.62.